The zero-order valence-corrected chi connectivity index (χ0v) is 14.3. The van der Waals surface area contributed by atoms with E-state index in [-0.39, 0.29) is 12.2 Å². The molecular formula is C19H16F3N3O2. The van der Waals surface area contributed by atoms with Gasteiger partial charge in [-0.15, -0.1) is 0 Å². The molecule has 0 bridgehead atoms. The third-order valence-corrected chi connectivity index (χ3v) is 4.24. The van der Waals surface area contributed by atoms with Crippen LogP contribution in [0.4, 0.5) is 13.2 Å². The second kappa shape index (κ2) is 6.88. The zero-order valence-electron chi connectivity index (χ0n) is 14.3. The number of aryl methyl sites for hydroxylation is 1. The van der Waals surface area contributed by atoms with Crippen LogP contribution in [0.5, 0.6) is 0 Å². The highest BCUT2D eigenvalue weighted by Gasteiger charge is 2.36. The third-order valence-electron chi connectivity index (χ3n) is 4.24. The number of fused-ring (bicyclic) bond motifs is 1. The maximum Gasteiger partial charge on any atom is 0.417 e. The van der Waals surface area contributed by atoms with Crippen molar-refractivity contribution in [2.24, 2.45) is 5.73 Å². The molecule has 0 spiro atoms. The molecule has 27 heavy (non-hydrogen) atoms. The van der Waals surface area contributed by atoms with Crippen molar-refractivity contribution in [3.8, 4) is 0 Å². The van der Waals surface area contributed by atoms with Crippen molar-refractivity contribution < 1.29 is 22.8 Å². The molecule has 2 aromatic carbocycles. The molecule has 140 valence electrons. The number of nitrogens with two attached hydrogens (primary N) is 1. The first-order chi connectivity index (χ1) is 12.8. The van der Waals surface area contributed by atoms with Crippen LogP contribution >= 0.6 is 0 Å². The van der Waals surface area contributed by atoms with Crippen molar-refractivity contribution >= 4 is 22.6 Å². The molecule has 0 atom stereocenters. The summed E-state index contributed by atoms with van der Waals surface area (Å²) in [5, 5.41) is 0.641. The van der Waals surface area contributed by atoms with Gasteiger partial charge in [-0.05, 0) is 24.6 Å². The number of rotatable bonds is 4. The Morgan fingerprint density at radius 3 is 2.37 bits per heavy atom. The van der Waals surface area contributed by atoms with Gasteiger partial charge in [-0.1, -0.05) is 36.4 Å². The highest BCUT2D eigenvalue weighted by atomic mass is 19.4. The van der Waals surface area contributed by atoms with E-state index < -0.39 is 29.0 Å². The van der Waals surface area contributed by atoms with Gasteiger partial charge < -0.3 is 5.73 Å². The summed E-state index contributed by atoms with van der Waals surface area (Å²) in [6.07, 6.45) is -4.68. The van der Waals surface area contributed by atoms with E-state index in [9.17, 15) is 22.8 Å². The Morgan fingerprint density at radius 2 is 1.70 bits per heavy atom. The lowest BCUT2D eigenvalue weighted by Crippen LogP contribution is -2.31. The fourth-order valence-electron chi connectivity index (χ4n) is 3.02. The fraction of sp³-hybridized carbons (Fsp3) is 0.158. The van der Waals surface area contributed by atoms with Crippen LogP contribution in [0.3, 0.4) is 0 Å². The Morgan fingerprint density at radius 1 is 1.07 bits per heavy atom. The van der Waals surface area contributed by atoms with E-state index in [1.54, 1.807) is 31.2 Å². The lowest BCUT2D eigenvalue weighted by molar-refractivity contribution is -0.137. The minimum atomic E-state index is -4.68. The number of amides is 1. The van der Waals surface area contributed by atoms with Crippen molar-refractivity contribution in [2.45, 2.75) is 13.1 Å². The number of ketones is 1. The Hall–Kier alpha value is -3.13. The van der Waals surface area contributed by atoms with Crippen molar-refractivity contribution in [1.29, 1.82) is 0 Å². The van der Waals surface area contributed by atoms with Crippen LogP contribution in [-0.2, 0) is 11.0 Å². The minimum absolute atomic E-state index is 0.0466. The van der Waals surface area contributed by atoms with Gasteiger partial charge in [0.05, 0.1) is 17.6 Å². The number of hydrogen-bond acceptors (Lipinski definition) is 3. The molecule has 0 unspecified atom stereocenters. The van der Waals surface area contributed by atoms with Crippen molar-refractivity contribution in [1.82, 2.24) is 4.68 Å². The summed E-state index contributed by atoms with van der Waals surface area (Å²) >= 11 is 0. The largest absolute Gasteiger partial charge is 0.417 e. The molecular weight excluding hydrogens is 359 g/mol. The summed E-state index contributed by atoms with van der Waals surface area (Å²) in [6.45, 7) is 1.29. The van der Waals surface area contributed by atoms with E-state index in [2.05, 4.69) is 5.43 Å². The summed E-state index contributed by atoms with van der Waals surface area (Å²) in [5.41, 5.74) is 7.20. The molecule has 0 saturated heterocycles. The molecule has 1 heterocycles. The SMILES string of the molecule is Cc1c(C(=O)c2ccccc2C(F)(F)F)n(NC(=O)CN)c2ccccc12. The van der Waals surface area contributed by atoms with Gasteiger partial charge in [-0.3, -0.25) is 15.0 Å². The van der Waals surface area contributed by atoms with E-state index in [0.717, 1.165) is 12.1 Å². The summed E-state index contributed by atoms with van der Waals surface area (Å²) in [5.74, 6) is -1.41. The number of aromatic nitrogens is 1. The van der Waals surface area contributed by atoms with E-state index in [1.165, 1.54) is 16.8 Å². The molecule has 3 rings (SSSR count). The highest BCUT2D eigenvalue weighted by Crippen LogP contribution is 2.34. The van der Waals surface area contributed by atoms with Crippen LogP contribution in [0.2, 0.25) is 0 Å². The fourth-order valence-corrected chi connectivity index (χ4v) is 3.02. The first-order valence-corrected chi connectivity index (χ1v) is 8.06. The van der Waals surface area contributed by atoms with E-state index in [0.29, 0.717) is 16.5 Å². The lowest BCUT2D eigenvalue weighted by atomic mass is 9.99. The first kappa shape index (κ1) is 18.7. The van der Waals surface area contributed by atoms with Gasteiger partial charge in [-0.2, -0.15) is 13.2 Å². The third kappa shape index (κ3) is 3.31. The Balaban J connectivity index is 2.26. The molecule has 3 aromatic rings. The number of nitrogens with zero attached hydrogens (tertiary/aromatic N) is 1. The smallest absolute Gasteiger partial charge is 0.322 e. The van der Waals surface area contributed by atoms with Crippen molar-refractivity contribution in [2.75, 3.05) is 12.0 Å². The average Bonchev–Trinajstić information content (AvgIpc) is 2.92. The van der Waals surface area contributed by atoms with E-state index in [4.69, 9.17) is 5.73 Å². The Kier molecular flexibility index (Phi) is 4.75. The summed E-state index contributed by atoms with van der Waals surface area (Å²) < 4.78 is 41.3. The molecule has 0 aliphatic heterocycles. The predicted molar refractivity (Wildman–Crippen MR) is 95.0 cm³/mol. The zero-order chi connectivity index (χ0) is 19.8. The molecule has 3 N–H and O–H groups in total. The number of para-hydroxylation sites is 1. The molecule has 5 nitrogen and oxygen atoms in total. The van der Waals surface area contributed by atoms with Crippen LogP contribution in [0.25, 0.3) is 10.9 Å². The quantitative estimate of drug-likeness (QED) is 0.688. The molecule has 0 aliphatic carbocycles. The minimum Gasteiger partial charge on any atom is -0.322 e. The maximum absolute atomic E-state index is 13.3. The first-order valence-electron chi connectivity index (χ1n) is 8.06. The molecule has 0 aliphatic rings. The molecule has 1 aromatic heterocycles. The number of carbonyl (C=O) groups excluding carboxylic acids is 2. The number of carbonyl (C=O) groups is 2. The second-order valence-corrected chi connectivity index (χ2v) is 5.94. The predicted octanol–water partition coefficient (Wildman–Crippen LogP) is 3.23. The van der Waals surface area contributed by atoms with Gasteiger partial charge >= 0.3 is 6.18 Å². The monoisotopic (exact) mass is 375 g/mol. The molecule has 8 heteroatoms. The summed E-state index contributed by atoms with van der Waals surface area (Å²) in [7, 11) is 0. The van der Waals surface area contributed by atoms with Gasteiger partial charge in [0.25, 0.3) is 5.91 Å². The van der Waals surface area contributed by atoms with Crippen molar-refractivity contribution in [3.05, 3.63) is 70.9 Å². The highest BCUT2D eigenvalue weighted by molar-refractivity contribution is 6.13. The van der Waals surface area contributed by atoms with Gasteiger partial charge in [0.1, 0.15) is 5.69 Å². The van der Waals surface area contributed by atoms with Crippen molar-refractivity contribution in [3.63, 3.8) is 0 Å². The number of hydrogen-bond donors (Lipinski definition) is 2. The van der Waals surface area contributed by atoms with Crippen LogP contribution in [0, 0.1) is 6.92 Å². The number of benzene rings is 2. The summed E-state index contributed by atoms with van der Waals surface area (Å²) in [6, 6.07) is 11.4. The summed E-state index contributed by atoms with van der Waals surface area (Å²) in [4.78, 5) is 24.9. The van der Waals surface area contributed by atoms with Gasteiger partial charge in [0, 0.05) is 10.9 Å². The van der Waals surface area contributed by atoms with Gasteiger partial charge in [0.15, 0.2) is 0 Å². The Labute approximate surface area is 152 Å². The lowest BCUT2D eigenvalue weighted by Gasteiger charge is -2.15. The Bertz CT molecular complexity index is 1040. The molecule has 0 fully saturated rings. The van der Waals surface area contributed by atoms with Gasteiger partial charge in [-0.25, -0.2) is 4.68 Å². The second-order valence-electron chi connectivity index (χ2n) is 5.94. The normalized spacial score (nSPS) is 11.6. The van der Waals surface area contributed by atoms with Crippen LogP contribution in [-0.4, -0.2) is 22.9 Å². The van der Waals surface area contributed by atoms with Crippen LogP contribution in [0.15, 0.2) is 48.5 Å². The van der Waals surface area contributed by atoms with Crippen LogP contribution < -0.4 is 11.2 Å². The molecule has 0 saturated carbocycles. The van der Waals surface area contributed by atoms with Crippen LogP contribution in [0.1, 0.15) is 27.2 Å². The number of nitrogens with one attached hydrogen (secondary N) is 1. The maximum atomic E-state index is 13.3. The average molecular weight is 375 g/mol. The van der Waals surface area contributed by atoms with Gasteiger partial charge in [0.2, 0.25) is 5.78 Å². The standard InChI is InChI=1S/C19H16F3N3O2/c1-11-12-6-3-5-9-15(12)25(24-16(26)10-23)17(11)18(27)13-7-2-4-8-14(13)19(20,21)22/h2-9H,10,23H2,1H3,(H,24,26). The van der Waals surface area contributed by atoms with E-state index in [1.807, 2.05) is 0 Å². The van der Waals surface area contributed by atoms with E-state index >= 15 is 0 Å². The number of alkyl halides is 3. The molecule has 0 radical (unpaired) electrons. The molecule has 1 amide bonds. The number of halogens is 3. The topological polar surface area (TPSA) is 77.1 Å².